The highest BCUT2D eigenvalue weighted by molar-refractivity contribution is 7.71. The van der Waals surface area contributed by atoms with Gasteiger partial charge >= 0.3 is 0 Å². The fourth-order valence-corrected chi connectivity index (χ4v) is 1.05. The monoisotopic (exact) mass is 198 g/mol. The molecule has 0 bridgehead atoms. The second-order valence-electron chi connectivity index (χ2n) is 2.00. The van der Waals surface area contributed by atoms with Gasteiger partial charge in [0.25, 0.3) is 5.24 Å². The minimum Gasteiger partial charge on any atom is -0.337 e. The Kier molecular flexibility index (Phi) is 2.58. The zero-order chi connectivity index (χ0) is 9.14. The van der Waals surface area contributed by atoms with Gasteiger partial charge in [0.2, 0.25) is 0 Å². The number of nitriles is 1. The van der Waals surface area contributed by atoms with E-state index in [1.165, 1.54) is 12.1 Å². The van der Waals surface area contributed by atoms with Gasteiger partial charge < -0.3 is 4.98 Å². The lowest BCUT2D eigenvalue weighted by Gasteiger charge is -1.95. The van der Waals surface area contributed by atoms with E-state index in [2.05, 4.69) is 4.98 Å². The number of aromatic amines is 1. The summed E-state index contributed by atoms with van der Waals surface area (Å²) in [5.74, 6) is 0. The Balaban J connectivity index is 3.42. The average Bonchev–Trinajstić information content (AvgIpc) is 2.03. The van der Waals surface area contributed by atoms with E-state index in [4.69, 9.17) is 29.1 Å². The molecule has 0 amide bonds. The average molecular weight is 199 g/mol. The van der Waals surface area contributed by atoms with Crippen LogP contribution in [0.15, 0.2) is 12.1 Å². The molecular formula is C7H3ClN2OS. The topological polar surface area (TPSA) is 56.6 Å². The molecule has 1 aromatic rings. The van der Waals surface area contributed by atoms with Crippen LogP contribution in [0, 0.1) is 16.0 Å². The highest BCUT2D eigenvalue weighted by Gasteiger charge is 2.07. The molecule has 0 spiro atoms. The van der Waals surface area contributed by atoms with Crippen LogP contribution < -0.4 is 0 Å². The number of pyridine rings is 1. The number of halogens is 1. The smallest absolute Gasteiger partial charge is 0.255 e. The molecule has 1 N–H and O–H groups in total. The molecule has 5 heteroatoms. The van der Waals surface area contributed by atoms with Crippen molar-refractivity contribution >= 4 is 29.1 Å². The summed E-state index contributed by atoms with van der Waals surface area (Å²) >= 11 is 9.95. The van der Waals surface area contributed by atoms with Crippen LogP contribution in [0.5, 0.6) is 0 Å². The van der Waals surface area contributed by atoms with E-state index in [1.54, 1.807) is 6.07 Å². The van der Waals surface area contributed by atoms with Gasteiger partial charge in [-0.25, -0.2) is 0 Å². The predicted octanol–water partition coefficient (Wildman–Crippen LogP) is 1.99. The maximum absolute atomic E-state index is 10.7. The standard InChI is InChI=1S/C7H3ClN2OS/c8-7(11)4-1-2-6(12)10-5(4)3-9/h1-2H,(H,10,12). The predicted molar refractivity (Wildman–Crippen MR) is 46.5 cm³/mol. The molecule has 0 radical (unpaired) electrons. The van der Waals surface area contributed by atoms with Crippen molar-refractivity contribution in [2.24, 2.45) is 0 Å². The SMILES string of the molecule is N#Cc1[nH]c(=S)ccc1C(=O)Cl. The van der Waals surface area contributed by atoms with Crippen molar-refractivity contribution < 1.29 is 4.79 Å². The Morgan fingerprint density at radius 3 is 2.83 bits per heavy atom. The van der Waals surface area contributed by atoms with Crippen LogP contribution in [0.4, 0.5) is 0 Å². The van der Waals surface area contributed by atoms with Crippen LogP contribution >= 0.6 is 23.8 Å². The third-order valence-corrected chi connectivity index (χ3v) is 1.68. The van der Waals surface area contributed by atoms with Crippen molar-refractivity contribution in [3.8, 4) is 6.07 Å². The van der Waals surface area contributed by atoms with Gasteiger partial charge in [-0.2, -0.15) is 5.26 Å². The molecule has 1 aromatic heterocycles. The Morgan fingerprint density at radius 1 is 1.67 bits per heavy atom. The Bertz CT molecular complexity index is 418. The van der Waals surface area contributed by atoms with Crippen LogP contribution in [0.2, 0.25) is 0 Å². The number of nitrogens with zero attached hydrogens (tertiary/aromatic N) is 1. The van der Waals surface area contributed by atoms with Gasteiger partial charge in [0.1, 0.15) is 16.4 Å². The van der Waals surface area contributed by atoms with Crippen LogP contribution in [0.3, 0.4) is 0 Å². The van der Waals surface area contributed by atoms with Crippen molar-refractivity contribution in [3.63, 3.8) is 0 Å². The van der Waals surface area contributed by atoms with Crippen molar-refractivity contribution in [2.75, 3.05) is 0 Å². The summed E-state index contributed by atoms with van der Waals surface area (Å²) in [6.45, 7) is 0. The summed E-state index contributed by atoms with van der Waals surface area (Å²) in [7, 11) is 0. The van der Waals surface area contributed by atoms with E-state index in [0.29, 0.717) is 4.64 Å². The number of carbonyl (C=O) groups is 1. The number of nitrogens with one attached hydrogen (secondary N) is 1. The molecule has 0 fully saturated rings. The number of H-pyrrole nitrogens is 1. The zero-order valence-electron chi connectivity index (χ0n) is 5.80. The van der Waals surface area contributed by atoms with Gasteiger partial charge in [-0.3, -0.25) is 4.79 Å². The summed E-state index contributed by atoms with van der Waals surface area (Å²) < 4.78 is 0.396. The first-order valence-electron chi connectivity index (χ1n) is 2.98. The van der Waals surface area contributed by atoms with Crippen LogP contribution in [-0.4, -0.2) is 10.2 Å². The first-order chi connectivity index (χ1) is 5.65. The summed E-state index contributed by atoms with van der Waals surface area (Å²) in [5, 5.41) is 7.88. The normalized spacial score (nSPS) is 9.00. The summed E-state index contributed by atoms with van der Waals surface area (Å²) in [6, 6.07) is 4.72. The van der Waals surface area contributed by atoms with Gasteiger partial charge in [0.15, 0.2) is 0 Å². The Labute approximate surface area is 78.6 Å². The third kappa shape index (κ3) is 1.70. The van der Waals surface area contributed by atoms with Crippen molar-refractivity contribution in [3.05, 3.63) is 28.0 Å². The minimum absolute atomic E-state index is 0.0995. The molecule has 0 aliphatic rings. The molecule has 1 rings (SSSR count). The second kappa shape index (κ2) is 3.48. The third-order valence-electron chi connectivity index (χ3n) is 1.24. The first kappa shape index (κ1) is 8.91. The lowest BCUT2D eigenvalue weighted by atomic mass is 10.2. The first-order valence-corrected chi connectivity index (χ1v) is 3.77. The van der Waals surface area contributed by atoms with E-state index in [0.717, 1.165) is 0 Å². The van der Waals surface area contributed by atoms with E-state index in [1.807, 2.05) is 0 Å². The molecule has 12 heavy (non-hydrogen) atoms. The minimum atomic E-state index is -0.669. The highest BCUT2D eigenvalue weighted by Crippen LogP contribution is 2.07. The summed E-state index contributed by atoms with van der Waals surface area (Å²) in [5.41, 5.74) is 0.246. The second-order valence-corrected chi connectivity index (χ2v) is 2.78. The van der Waals surface area contributed by atoms with Gasteiger partial charge in [0, 0.05) is 0 Å². The van der Waals surface area contributed by atoms with E-state index >= 15 is 0 Å². The quantitative estimate of drug-likeness (QED) is 0.555. The van der Waals surface area contributed by atoms with Crippen molar-refractivity contribution in [2.45, 2.75) is 0 Å². The molecule has 1 heterocycles. The molecule has 3 nitrogen and oxygen atoms in total. The van der Waals surface area contributed by atoms with Crippen molar-refractivity contribution in [1.82, 2.24) is 4.98 Å². The molecule has 0 atom stereocenters. The van der Waals surface area contributed by atoms with Crippen LogP contribution in [0.25, 0.3) is 0 Å². The zero-order valence-corrected chi connectivity index (χ0v) is 7.37. The molecule has 0 saturated heterocycles. The summed E-state index contributed by atoms with van der Waals surface area (Å²) in [6.07, 6.45) is 0. The molecule has 0 unspecified atom stereocenters. The molecule has 0 aliphatic heterocycles. The van der Waals surface area contributed by atoms with Crippen LogP contribution in [0.1, 0.15) is 16.1 Å². The lowest BCUT2D eigenvalue weighted by Crippen LogP contribution is -1.96. The number of hydrogen-bond donors (Lipinski definition) is 1. The maximum Gasteiger partial charge on any atom is 0.255 e. The molecule has 0 aromatic carbocycles. The number of hydrogen-bond acceptors (Lipinski definition) is 3. The van der Waals surface area contributed by atoms with Gasteiger partial charge in [-0.15, -0.1) is 0 Å². The highest BCUT2D eigenvalue weighted by atomic mass is 35.5. The lowest BCUT2D eigenvalue weighted by molar-refractivity contribution is 0.108. The number of rotatable bonds is 1. The fraction of sp³-hybridized carbons (Fsp3) is 0. The maximum atomic E-state index is 10.7. The Hall–Kier alpha value is -1.18. The van der Waals surface area contributed by atoms with Gasteiger partial charge in [0.05, 0.1) is 5.56 Å². The summed E-state index contributed by atoms with van der Waals surface area (Å²) in [4.78, 5) is 13.3. The van der Waals surface area contributed by atoms with E-state index < -0.39 is 5.24 Å². The number of aromatic nitrogens is 1. The molecule has 60 valence electrons. The molecular weight excluding hydrogens is 196 g/mol. The largest absolute Gasteiger partial charge is 0.337 e. The van der Waals surface area contributed by atoms with Gasteiger partial charge in [-0.05, 0) is 23.7 Å². The van der Waals surface area contributed by atoms with E-state index in [-0.39, 0.29) is 11.3 Å². The van der Waals surface area contributed by atoms with Gasteiger partial charge in [-0.1, -0.05) is 12.2 Å². The van der Waals surface area contributed by atoms with E-state index in [9.17, 15) is 4.79 Å². The molecule has 0 saturated carbocycles. The molecule has 0 aliphatic carbocycles. The van der Waals surface area contributed by atoms with Crippen molar-refractivity contribution in [1.29, 1.82) is 5.26 Å². The Morgan fingerprint density at radius 2 is 2.33 bits per heavy atom. The number of carbonyl (C=O) groups excluding carboxylic acids is 1. The fourth-order valence-electron chi connectivity index (χ4n) is 0.727. The van der Waals surface area contributed by atoms with Crippen LogP contribution in [-0.2, 0) is 0 Å².